The van der Waals surface area contributed by atoms with Crippen LogP contribution in [0.4, 0.5) is 22.4 Å². The van der Waals surface area contributed by atoms with Gasteiger partial charge in [-0.25, -0.2) is 17.6 Å². The molecular formula is C20H23F4N5O4S. The summed E-state index contributed by atoms with van der Waals surface area (Å²) in [4.78, 5) is 25.7. The summed E-state index contributed by atoms with van der Waals surface area (Å²) in [7, 11) is -4.11. The number of nitrogens with one attached hydrogen (secondary N) is 3. The first-order chi connectivity index (χ1) is 15.8. The lowest BCUT2D eigenvalue weighted by molar-refractivity contribution is -0.160. The van der Waals surface area contributed by atoms with Gasteiger partial charge in [0.05, 0.1) is 17.6 Å². The molecule has 186 valence electrons. The number of amides is 3. The number of hydrogen-bond donors (Lipinski definition) is 3. The van der Waals surface area contributed by atoms with Gasteiger partial charge in [-0.05, 0) is 30.5 Å². The number of hydrogen-bond acceptors (Lipinski definition) is 6. The smallest absolute Gasteiger partial charge is 0.336 e. The zero-order valence-corrected chi connectivity index (χ0v) is 18.7. The Bertz CT molecular complexity index is 1070. The van der Waals surface area contributed by atoms with E-state index in [-0.39, 0.29) is 13.1 Å². The first kappa shape index (κ1) is 25.7. The maximum atomic E-state index is 13.8. The Morgan fingerprint density at radius 2 is 1.91 bits per heavy atom. The standard InChI is InChI=1S/C20H23F4N5O4S/c21-14-3-1-13(2-4-14)16(20(22,23)24)27-15(17(30)28-19(12-25)5-6-19)11-34(32,33)10-9-29-8-7-26-18(29)31/h1-4,15-16,27H,5-11H2,(H,26,31)(H,28,30)/t15-,16-/m0/s1. The van der Waals surface area contributed by atoms with E-state index in [2.05, 4.69) is 16.0 Å². The Kier molecular flexibility index (Phi) is 7.37. The van der Waals surface area contributed by atoms with Gasteiger partial charge in [-0.15, -0.1) is 0 Å². The summed E-state index contributed by atoms with van der Waals surface area (Å²) in [6.07, 6.45) is -4.36. The van der Waals surface area contributed by atoms with Crippen molar-refractivity contribution in [3.05, 3.63) is 35.6 Å². The summed E-state index contributed by atoms with van der Waals surface area (Å²) in [5.41, 5.74) is -1.66. The molecule has 0 bridgehead atoms. The third-order valence-corrected chi connectivity index (χ3v) is 7.23. The molecule has 2 fully saturated rings. The van der Waals surface area contributed by atoms with Gasteiger partial charge >= 0.3 is 12.2 Å². The van der Waals surface area contributed by atoms with E-state index < -0.39 is 68.5 Å². The number of carbonyl (C=O) groups excluding carboxylic acids is 2. The zero-order chi connectivity index (χ0) is 25.1. The van der Waals surface area contributed by atoms with Gasteiger partial charge in [-0.2, -0.15) is 18.4 Å². The average Bonchev–Trinajstić information content (AvgIpc) is 3.41. The molecule has 2 atom stereocenters. The van der Waals surface area contributed by atoms with Crippen molar-refractivity contribution in [1.29, 1.82) is 5.26 Å². The lowest BCUT2D eigenvalue weighted by atomic mass is 10.0. The second kappa shape index (κ2) is 9.75. The number of nitriles is 1. The number of benzene rings is 1. The Hall–Kier alpha value is -2.92. The molecular weight excluding hydrogens is 482 g/mol. The van der Waals surface area contributed by atoms with Crippen molar-refractivity contribution in [1.82, 2.24) is 20.9 Å². The number of sulfone groups is 1. The molecule has 1 aliphatic heterocycles. The van der Waals surface area contributed by atoms with Crippen LogP contribution in [0.3, 0.4) is 0 Å². The molecule has 3 N–H and O–H groups in total. The summed E-state index contributed by atoms with van der Waals surface area (Å²) in [5.74, 6) is -3.40. The topological polar surface area (TPSA) is 131 Å². The molecule has 1 aliphatic carbocycles. The minimum absolute atomic E-state index is 0.189. The van der Waals surface area contributed by atoms with E-state index in [4.69, 9.17) is 0 Å². The highest BCUT2D eigenvalue weighted by atomic mass is 32.2. The minimum Gasteiger partial charge on any atom is -0.336 e. The van der Waals surface area contributed by atoms with Crippen LogP contribution < -0.4 is 16.0 Å². The van der Waals surface area contributed by atoms with Crippen LogP contribution in [0.15, 0.2) is 24.3 Å². The van der Waals surface area contributed by atoms with Gasteiger partial charge in [0, 0.05) is 19.6 Å². The van der Waals surface area contributed by atoms with Crippen LogP contribution in [0, 0.1) is 17.1 Å². The number of alkyl halides is 3. The monoisotopic (exact) mass is 505 g/mol. The molecule has 34 heavy (non-hydrogen) atoms. The highest BCUT2D eigenvalue weighted by Gasteiger charge is 2.48. The molecule has 0 aromatic heterocycles. The second-order valence-electron chi connectivity index (χ2n) is 8.26. The van der Waals surface area contributed by atoms with Gasteiger partial charge in [0.2, 0.25) is 5.91 Å². The number of rotatable bonds is 10. The summed E-state index contributed by atoms with van der Waals surface area (Å²) in [5, 5.41) is 16.1. The van der Waals surface area contributed by atoms with Crippen molar-refractivity contribution >= 4 is 21.8 Å². The maximum Gasteiger partial charge on any atom is 0.407 e. The van der Waals surface area contributed by atoms with Crippen molar-refractivity contribution in [2.45, 2.75) is 36.6 Å². The van der Waals surface area contributed by atoms with Crippen molar-refractivity contribution in [2.75, 3.05) is 31.1 Å². The molecule has 0 unspecified atom stereocenters. The van der Waals surface area contributed by atoms with Gasteiger partial charge in [0.1, 0.15) is 23.4 Å². The molecule has 9 nitrogen and oxygen atoms in total. The average molecular weight is 505 g/mol. The third-order valence-electron chi connectivity index (χ3n) is 5.58. The van der Waals surface area contributed by atoms with Crippen molar-refractivity contribution in [2.24, 2.45) is 0 Å². The Balaban J connectivity index is 1.81. The van der Waals surface area contributed by atoms with E-state index in [0.29, 0.717) is 19.4 Å². The lowest BCUT2D eigenvalue weighted by Crippen LogP contribution is -2.54. The largest absolute Gasteiger partial charge is 0.407 e. The second-order valence-corrected chi connectivity index (χ2v) is 10.5. The van der Waals surface area contributed by atoms with Gasteiger partial charge in [-0.1, -0.05) is 12.1 Å². The van der Waals surface area contributed by atoms with Crippen LogP contribution in [0.2, 0.25) is 0 Å². The first-order valence-corrected chi connectivity index (χ1v) is 12.2. The molecule has 1 aromatic carbocycles. The normalized spacial score (nSPS) is 19.1. The Morgan fingerprint density at radius 1 is 1.26 bits per heavy atom. The fourth-order valence-electron chi connectivity index (χ4n) is 3.46. The Labute approximate surface area is 193 Å². The molecule has 0 spiro atoms. The van der Waals surface area contributed by atoms with Crippen molar-refractivity contribution < 1.29 is 35.6 Å². The highest BCUT2D eigenvalue weighted by Crippen LogP contribution is 2.35. The van der Waals surface area contributed by atoms with E-state index >= 15 is 0 Å². The zero-order valence-electron chi connectivity index (χ0n) is 17.9. The predicted molar refractivity (Wildman–Crippen MR) is 111 cm³/mol. The predicted octanol–water partition coefficient (Wildman–Crippen LogP) is 1.000. The van der Waals surface area contributed by atoms with E-state index in [1.807, 2.05) is 6.07 Å². The van der Waals surface area contributed by atoms with E-state index in [1.165, 1.54) is 4.90 Å². The molecule has 1 aromatic rings. The number of halogens is 4. The van der Waals surface area contributed by atoms with Crippen molar-refractivity contribution in [3.63, 3.8) is 0 Å². The van der Waals surface area contributed by atoms with E-state index in [1.54, 1.807) is 0 Å². The third kappa shape index (κ3) is 6.57. The molecule has 14 heteroatoms. The number of carbonyl (C=O) groups is 2. The van der Waals surface area contributed by atoms with Gasteiger partial charge in [0.25, 0.3) is 0 Å². The maximum absolute atomic E-state index is 13.8. The van der Waals surface area contributed by atoms with Gasteiger partial charge in [-0.3, -0.25) is 10.1 Å². The van der Waals surface area contributed by atoms with E-state index in [9.17, 15) is 40.8 Å². The molecule has 0 radical (unpaired) electrons. The van der Waals surface area contributed by atoms with Crippen LogP contribution in [0.25, 0.3) is 0 Å². The van der Waals surface area contributed by atoms with Crippen LogP contribution in [0.5, 0.6) is 0 Å². The summed E-state index contributed by atoms with van der Waals surface area (Å²) >= 11 is 0. The lowest BCUT2D eigenvalue weighted by Gasteiger charge is -2.28. The molecule has 3 rings (SSSR count). The quantitative estimate of drug-likeness (QED) is 0.407. The molecule has 3 amide bonds. The Morgan fingerprint density at radius 3 is 2.41 bits per heavy atom. The van der Waals surface area contributed by atoms with Crippen LogP contribution >= 0.6 is 0 Å². The van der Waals surface area contributed by atoms with Crippen LogP contribution in [0.1, 0.15) is 24.4 Å². The molecule has 1 saturated heterocycles. The fourth-order valence-corrected chi connectivity index (χ4v) is 4.88. The van der Waals surface area contributed by atoms with Crippen LogP contribution in [-0.4, -0.2) is 74.2 Å². The number of nitrogens with zero attached hydrogens (tertiary/aromatic N) is 2. The highest BCUT2D eigenvalue weighted by molar-refractivity contribution is 7.91. The summed E-state index contributed by atoms with van der Waals surface area (Å²) in [6.45, 7) is 0.430. The molecule has 2 aliphatic rings. The molecule has 1 heterocycles. The SMILES string of the molecule is N#CC1(NC(=O)[C@H](CS(=O)(=O)CCN2CCNC2=O)N[C@@H](c2ccc(F)cc2)C(F)(F)F)CC1. The number of urea groups is 1. The molecule has 1 saturated carbocycles. The minimum atomic E-state index is -4.94. The van der Waals surface area contributed by atoms with Gasteiger partial charge in [0.15, 0.2) is 9.84 Å². The summed E-state index contributed by atoms with van der Waals surface area (Å²) in [6, 6.07) is 0.474. The summed E-state index contributed by atoms with van der Waals surface area (Å²) < 4.78 is 80.1. The first-order valence-electron chi connectivity index (χ1n) is 10.4. The fraction of sp³-hybridized carbons (Fsp3) is 0.550. The van der Waals surface area contributed by atoms with Crippen LogP contribution in [-0.2, 0) is 14.6 Å². The van der Waals surface area contributed by atoms with Crippen molar-refractivity contribution in [3.8, 4) is 6.07 Å². The van der Waals surface area contributed by atoms with E-state index in [0.717, 1.165) is 24.3 Å². The van der Waals surface area contributed by atoms with Gasteiger partial charge < -0.3 is 15.5 Å².